The van der Waals surface area contributed by atoms with E-state index in [1.807, 2.05) is 13.8 Å². The van der Waals surface area contributed by atoms with E-state index in [1.54, 1.807) is 0 Å². The van der Waals surface area contributed by atoms with Gasteiger partial charge in [-0.25, -0.2) is 4.39 Å². The van der Waals surface area contributed by atoms with Gasteiger partial charge >= 0.3 is 0 Å². The first-order chi connectivity index (χ1) is 6.45. The van der Waals surface area contributed by atoms with Gasteiger partial charge in [0.15, 0.2) is 0 Å². The summed E-state index contributed by atoms with van der Waals surface area (Å²) in [5.74, 6) is -1.24. The Balaban J connectivity index is 3.45. The lowest BCUT2D eigenvalue weighted by Gasteiger charge is -2.11. The van der Waals surface area contributed by atoms with Crippen molar-refractivity contribution in [1.29, 1.82) is 0 Å². The van der Waals surface area contributed by atoms with E-state index in [2.05, 4.69) is 0 Å². The zero-order valence-electron chi connectivity index (χ0n) is 7.97. The quantitative estimate of drug-likeness (QED) is 0.810. The van der Waals surface area contributed by atoms with Crippen LogP contribution in [0.25, 0.3) is 0 Å². The van der Waals surface area contributed by atoms with Gasteiger partial charge < -0.3 is 5.73 Å². The number of carbonyl (C=O) groups excluding carboxylic acids is 1. The maximum atomic E-state index is 13.0. The predicted octanol–water partition coefficient (Wildman–Crippen LogP) is 2.70. The fourth-order valence-electron chi connectivity index (χ4n) is 1.30. The highest BCUT2D eigenvalue weighted by Crippen LogP contribution is 2.27. The summed E-state index contributed by atoms with van der Waals surface area (Å²) in [6.45, 7) is 3.77. The molecule has 0 saturated carbocycles. The van der Waals surface area contributed by atoms with Gasteiger partial charge in [-0.15, -0.1) is 0 Å². The third-order valence-electron chi connectivity index (χ3n) is 2.00. The van der Waals surface area contributed by atoms with Crippen LogP contribution in [-0.2, 0) is 0 Å². The standard InChI is InChI=1S/C10H11ClFNO/c1-5(2)6-3-4-7(12)9(11)8(6)10(13)14/h3-5H,1-2H3,(H2,13,14). The molecule has 2 nitrogen and oxygen atoms in total. The van der Waals surface area contributed by atoms with Crippen LogP contribution >= 0.6 is 11.6 Å². The Morgan fingerprint density at radius 2 is 2.07 bits per heavy atom. The second-order valence-corrected chi connectivity index (χ2v) is 3.72. The van der Waals surface area contributed by atoms with Gasteiger partial charge in [-0.2, -0.15) is 0 Å². The number of amides is 1. The predicted molar refractivity (Wildman–Crippen MR) is 54.0 cm³/mol. The van der Waals surface area contributed by atoms with Gasteiger partial charge in [-0.05, 0) is 17.5 Å². The summed E-state index contributed by atoms with van der Waals surface area (Å²) >= 11 is 5.66. The average molecular weight is 216 g/mol. The molecule has 0 heterocycles. The molecule has 0 atom stereocenters. The second kappa shape index (κ2) is 3.96. The van der Waals surface area contributed by atoms with E-state index in [4.69, 9.17) is 17.3 Å². The number of primary amides is 1. The molecule has 0 unspecified atom stereocenters. The maximum absolute atomic E-state index is 13.0. The minimum absolute atomic E-state index is 0.0793. The summed E-state index contributed by atoms with van der Waals surface area (Å²) in [6.07, 6.45) is 0. The molecule has 4 heteroatoms. The van der Waals surface area contributed by atoms with E-state index >= 15 is 0 Å². The summed E-state index contributed by atoms with van der Waals surface area (Å²) < 4.78 is 13.0. The lowest BCUT2D eigenvalue weighted by atomic mass is 9.96. The van der Waals surface area contributed by atoms with Crippen molar-refractivity contribution < 1.29 is 9.18 Å². The van der Waals surface area contributed by atoms with Crippen LogP contribution in [0.4, 0.5) is 4.39 Å². The van der Waals surface area contributed by atoms with Crippen LogP contribution in [-0.4, -0.2) is 5.91 Å². The van der Waals surface area contributed by atoms with Crippen molar-refractivity contribution in [3.05, 3.63) is 34.1 Å². The second-order valence-electron chi connectivity index (χ2n) is 3.34. The molecule has 0 radical (unpaired) electrons. The number of hydrogen-bond donors (Lipinski definition) is 1. The molecule has 14 heavy (non-hydrogen) atoms. The van der Waals surface area contributed by atoms with Crippen LogP contribution in [0, 0.1) is 5.82 Å². The molecule has 0 saturated heterocycles. The molecule has 1 aromatic rings. The Morgan fingerprint density at radius 1 is 1.50 bits per heavy atom. The molecular formula is C10H11ClFNO. The summed E-state index contributed by atoms with van der Waals surface area (Å²) in [5.41, 5.74) is 5.89. The van der Waals surface area contributed by atoms with Gasteiger partial charge in [0.05, 0.1) is 10.6 Å². The molecule has 76 valence electrons. The summed E-state index contributed by atoms with van der Waals surface area (Å²) in [4.78, 5) is 11.1. The molecule has 0 fully saturated rings. The van der Waals surface area contributed by atoms with Gasteiger partial charge in [0.1, 0.15) is 5.82 Å². The van der Waals surface area contributed by atoms with E-state index in [0.717, 1.165) is 0 Å². The van der Waals surface area contributed by atoms with Crippen molar-refractivity contribution >= 4 is 17.5 Å². The molecule has 0 aliphatic rings. The highest BCUT2D eigenvalue weighted by Gasteiger charge is 2.17. The van der Waals surface area contributed by atoms with E-state index < -0.39 is 11.7 Å². The van der Waals surface area contributed by atoms with Crippen molar-refractivity contribution in [2.75, 3.05) is 0 Å². The van der Waals surface area contributed by atoms with Crippen molar-refractivity contribution in [1.82, 2.24) is 0 Å². The van der Waals surface area contributed by atoms with Gasteiger partial charge in [0.2, 0.25) is 0 Å². The van der Waals surface area contributed by atoms with Crippen LogP contribution in [0.3, 0.4) is 0 Å². The first-order valence-corrected chi connectivity index (χ1v) is 4.60. The van der Waals surface area contributed by atoms with Crippen LogP contribution in [0.2, 0.25) is 5.02 Å². The van der Waals surface area contributed by atoms with Crippen molar-refractivity contribution in [2.24, 2.45) is 5.73 Å². The minimum Gasteiger partial charge on any atom is -0.366 e. The fourth-order valence-corrected chi connectivity index (χ4v) is 1.56. The van der Waals surface area contributed by atoms with E-state index in [1.165, 1.54) is 12.1 Å². The third-order valence-corrected chi connectivity index (χ3v) is 2.36. The lowest BCUT2D eigenvalue weighted by Crippen LogP contribution is -2.15. The van der Waals surface area contributed by atoms with Crippen LogP contribution in [0.15, 0.2) is 12.1 Å². The zero-order chi connectivity index (χ0) is 10.9. The van der Waals surface area contributed by atoms with Gasteiger partial charge in [0.25, 0.3) is 5.91 Å². The number of nitrogens with two attached hydrogens (primary N) is 1. The largest absolute Gasteiger partial charge is 0.366 e. The number of halogens is 2. The molecule has 0 spiro atoms. The summed E-state index contributed by atoms with van der Waals surface area (Å²) in [6, 6.07) is 2.77. The summed E-state index contributed by atoms with van der Waals surface area (Å²) in [5, 5.41) is -0.191. The number of rotatable bonds is 2. The fraction of sp³-hybridized carbons (Fsp3) is 0.300. The first kappa shape index (κ1) is 11.0. The Kier molecular flexibility index (Phi) is 3.11. The molecule has 0 bridgehead atoms. The van der Waals surface area contributed by atoms with Crippen molar-refractivity contribution in [3.8, 4) is 0 Å². The van der Waals surface area contributed by atoms with E-state index in [-0.39, 0.29) is 16.5 Å². The molecule has 0 aliphatic carbocycles. The SMILES string of the molecule is CC(C)c1ccc(F)c(Cl)c1C(N)=O. The maximum Gasteiger partial charge on any atom is 0.250 e. The molecule has 2 N–H and O–H groups in total. The normalized spacial score (nSPS) is 10.6. The molecule has 0 aliphatic heterocycles. The number of carbonyl (C=O) groups is 1. The zero-order valence-corrected chi connectivity index (χ0v) is 8.73. The third kappa shape index (κ3) is 1.87. The Labute approximate surface area is 86.9 Å². The molecule has 1 aromatic carbocycles. The molecule has 1 amide bonds. The van der Waals surface area contributed by atoms with E-state index in [0.29, 0.717) is 5.56 Å². The van der Waals surface area contributed by atoms with E-state index in [9.17, 15) is 9.18 Å². The Bertz CT molecular complexity index is 377. The van der Waals surface area contributed by atoms with Crippen molar-refractivity contribution in [3.63, 3.8) is 0 Å². The van der Waals surface area contributed by atoms with Crippen molar-refractivity contribution in [2.45, 2.75) is 19.8 Å². The summed E-state index contributed by atoms with van der Waals surface area (Å²) in [7, 11) is 0. The van der Waals surface area contributed by atoms with Gasteiger partial charge in [-0.1, -0.05) is 31.5 Å². The Hall–Kier alpha value is -1.09. The molecule has 0 aromatic heterocycles. The molecular weight excluding hydrogens is 205 g/mol. The monoisotopic (exact) mass is 215 g/mol. The first-order valence-electron chi connectivity index (χ1n) is 4.22. The number of hydrogen-bond acceptors (Lipinski definition) is 1. The molecule has 1 rings (SSSR count). The lowest BCUT2D eigenvalue weighted by molar-refractivity contribution is 0.0999. The van der Waals surface area contributed by atoms with Crippen LogP contribution < -0.4 is 5.73 Å². The Morgan fingerprint density at radius 3 is 2.50 bits per heavy atom. The highest BCUT2D eigenvalue weighted by molar-refractivity contribution is 6.34. The number of benzene rings is 1. The van der Waals surface area contributed by atoms with Gasteiger partial charge in [0, 0.05) is 0 Å². The topological polar surface area (TPSA) is 43.1 Å². The van der Waals surface area contributed by atoms with Gasteiger partial charge in [-0.3, -0.25) is 4.79 Å². The van der Waals surface area contributed by atoms with Crippen LogP contribution in [0.1, 0.15) is 35.7 Å². The smallest absolute Gasteiger partial charge is 0.250 e. The highest BCUT2D eigenvalue weighted by atomic mass is 35.5. The average Bonchev–Trinajstić information content (AvgIpc) is 2.08. The van der Waals surface area contributed by atoms with Crippen LogP contribution in [0.5, 0.6) is 0 Å². The minimum atomic E-state index is -0.696.